The number of ether oxygens (including phenoxy) is 2. The minimum absolute atomic E-state index is 0.0370. The van der Waals surface area contributed by atoms with Crippen molar-refractivity contribution in [2.75, 3.05) is 33.9 Å². The zero-order chi connectivity index (χ0) is 12.3. The molecule has 0 aromatic heterocycles. The quantitative estimate of drug-likeness (QED) is 0.679. The highest BCUT2D eigenvalue weighted by Crippen LogP contribution is 1.90. The van der Waals surface area contributed by atoms with Gasteiger partial charge in [-0.05, 0) is 34.9 Å². The molecule has 0 aliphatic heterocycles. The van der Waals surface area contributed by atoms with Gasteiger partial charge in [-0.25, -0.2) is 0 Å². The third kappa shape index (κ3) is 19.7. The predicted molar refractivity (Wildman–Crippen MR) is 58.9 cm³/mol. The van der Waals surface area contributed by atoms with E-state index in [1.54, 1.807) is 19.0 Å². The van der Waals surface area contributed by atoms with E-state index in [0.717, 1.165) is 13.2 Å². The summed E-state index contributed by atoms with van der Waals surface area (Å²) in [4.78, 5) is 11.4. The first-order valence-electron chi connectivity index (χ1n) is 5.03. The van der Waals surface area contributed by atoms with E-state index in [1.807, 2.05) is 20.8 Å². The first-order valence-corrected chi connectivity index (χ1v) is 5.03. The van der Waals surface area contributed by atoms with Crippen LogP contribution in [0.4, 0.5) is 0 Å². The number of carboxylic acids is 1. The Hall–Kier alpha value is -0.650. The number of carboxylic acid groups (broad SMARTS) is 1. The average Bonchev–Trinajstić information content (AvgIpc) is 2.03. The van der Waals surface area contributed by atoms with Crippen LogP contribution in [0.5, 0.6) is 0 Å². The van der Waals surface area contributed by atoms with E-state index in [-0.39, 0.29) is 12.8 Å². The van der Waals surface area contributed by atoms with Crippen LogP contribution in [0.1, 0.15) is 20.8 Å². The average molecular weight is 221 g/mol. The monoisotopic (exact) mass is 221 g/mol. The Morgan fingerprint density at radius 1 is 1.27 bits per heavy atom. The van der Waals surface area contributed by atoms with Crippen molar-refractivity contribution in [3.8, 4) is 0 Å². The van der Waals surface area contributed by atoms with E-state index >= 15 is 0 Å². The fourth-order valence-corrected chi connectivity index (χ4v) is 0.788. The molecule has 0 aromatic carbocycles. The van der Waals surface area contributed by atoms with Gasteiger partial charge in [-0.2, -0.15) is 0 Å². The lowest BCUT2D eigenvalue weighted by Crippen LogP contribution is -2.20. The second-order valence-corrected chi connectivity index (χ2v) is 3.11. The molecule has 15 heavy (non-hydrogen) atoms. The number of carbonyl (C=O) groups is 1. The van der Waals surface area contributed by atoms with Crippen LogP contribution in [-0.2, 0) is 14.3 Å². The summed E-state index contributed by atoms with van der Waals surface area (Å²) in [6, 6.07) is 0. The van der Waals surface area contributed by atoms with Gasteiger partial charge >= 0.3 is 5.97 Å². The summed E-state index contributed by atoms with van der Waals surface area (Å²) in [7, 11) is 3.43. The van der Waals surface area contributed by atoms with Crippen molar-refractivity contribution in [2.24, 2.45) is 0 Å². The second-order valence-electron chi connectivity index (χ2n) is 3.11. The molecule has 0 rings (SSSR count). The molecule has 5 nitrogen and oxygen atoms in total. The van der Waals surface area contributed by atoms with Crippen LogP contribution in [0.2, 0.25) is 0 Å². The van der Waals surface area contributed by atoms with Gasteiger partial charge in [-0.3, -0.25) is 9.69 Å². The highest BCUT2D eigenvalue weighted by Gasteiger charge is 1.95. The molecule has 0 heterocycles. The molecule has 0 radical (unpaired) electrons. The van der Waals surface area contributed by atoms with E-state index in [0.29, 0.717) is 0 Å². The van der Waals surface area contributed by atoms with Crippen LogP contribution in [0, 0.1) is 0 Å². The summed E-state index contributed by atoms with van der Waals surface area (Å²) >= 11 is 0. The first-order chi connectivity index (χ1) is 6.93. The normalized spacial score (nSPS) is 10.1. The Kier molecular flexibility index (Phi) is 12.8. The van der Waals surface area contributed by atoms with E-state index < -0.39 is 5.97 Å². The van der Waals surface area contributed by atoms with Crippen LogP contribution in [0.3, 0.4) is 0 Å². The second kappa shape index (κ2) is 11.4. The summed E-state index contributed by atoms with van der Waals surface area (Å²) in [6.07, 6.45) is -0.0370. The van der Waals surface area contributed by atoms with Crippen molar-refractivity contribution in [3.05, 3.63) is 0 Å². The van der Waals surface area contributed by atoms with Crippen LogP contribution in [0.15, 0.2) is 0 Å². The van der Waals surface area contributed by atoms with Gasteiger partial charge in [0, 0.05) is 13.2 Å². The molecule has 0 amide bonds. The maximum absolute atomic E-state index is 9.77. The molecular weight excluding hydrogens is 198 g/mol. The molecule has 5 heteroatoms. The number of aliphatic carboxylic acids is 1. The number of rotatable bonds is 6. The summed E-state index contributed by atoms with van der Waals surface area (Å²) in [6.45, 7) is 7.36. The molecule has 0 atom stereocenters. The highest BCUT2D eigenvalue weighted by atomic mass is 16.7. The molecule has 1 N–H and O–H groups in total. The van der Waals surface area contributed by atoms with Crippen molar-refractivity contribution in [1.82, 2.24) is 4.90 Å². The molecule has 0 bridgehead atoms. The van der Waals surface area contributed by atoms with E-state index in [4.69, 9.17) is 14.6 Å². The van der Waals surface area contributed by atoms with Crippen molar-refractivity contribution in [1.29, 1.82) is 0 Å². The van der Waals surface area contributed by atoms with Gasteiger partial charge in [-0.15, -0.1) is 0 Å². The Morgan fingerprint density at radius 2 is 1.67 bits per heavy atom. The van der Waals surface area contributed by atoms with Gasteiger partial charge in [-0.1, -0.05) is 0 Å². The fraction of sp³-hybridized carbons (Fsp3) is 0.900. The third-order valence-electron chi connectivity index (χ3n) is 1.25. The molecule has 0 spiro atoms. The molecule has 0 aliphatic carbocycles. The van der Waals surface area contributed by atoms with Crippen molar-refractivity contribution >= 4 is 5.97 Å². The van der Waals surface area contributed by atoms with Gasteiger partial charge in [0.25, 0.3) is 0 Å². The van der Waals surface area contributed by atoms with Gasteiger partial charge in [0.15, 0.2) is 6.29 Å². The van der Waals surface area contributed by atoms with Gasteiger partial charge < -0.3 is 14.6 Å². The maximum Gasteiger partial charge on any atom is 0.317 e. The zero-order valence-corrected chi connectivity index (χ0v) is 10.3. The Balaban J connectivity index is 0. The number of hydrogen-bond acceptors (Lipinski definition) is 4. The molecule has 0 saturated heterocycles. The van der Waals surface area contributed by atoms with Crippen molar-refractivity contribution < 1.29 is 19.4 Å². The Labute approximate surface area is 92.0 Å². The molecule has 92 valence electrons. The van der Waals surface area contributed by atoms with Crippen LogP contribution in [-0.4, -0.2) is 56.1 Å². The fourth-order valence-electron chi connectivity index (χ4n) is 0.788. The van der Waals surface area contributed by atoms with Crippen LogP contribution < -0.4 is 0 Å². The van der Waals surface area contributed by atoms with Crippen molar-refractivity contribution in [3.63, 3.8) is 0 Å². The Morgan fingerprint density at radius 3 is 1.80 bits per heavy atom. The van der Waals surface area contributed by atoms with E-state index in [2.05, 4.69) is 0 Å². The highest BCUT2D eigenvalue weighted by molar-refractivity contribution is 5.68. The van der Waals surface area contributed by atoms with Gasteiger partial charge in [0.1, 0.15) is 0 Å². The number of likely N-dealkylation sites (N-methyl/N-ethyl adjacent to an activating group) is 1. The summed E-state index contributed by atoms with van der Waals surface area (Å²) in [5, 5.41) is 8.04. The van der Waals surface area contributed by atoms with E-state index in [9.17, 15) is 4.79 Å². The van der Waals surface area contributed by atoms with Crippen LogP contribution in [0.25, 0.3) is 0 Å². The minimum atomic E-state index is -0.787. The lowest BCUT2D eigenvalue weighted by molar-refractivity contribution is -0.137. The molecule has 0 unspecified atom stereocenters. The largest absolute Gasteiger partial charge is 0.480 e. The maximum atomic E-state index is 9.77. The SMILES string of the molecule is CCOC(C)OCC.CN(C)CC(=O)O. The predicted octanol–water partition coefficient (Wildman–Crippen LogP) is 1.04. The first kappa shape index (κ1) is 16.8. The Bertz CT molecular complexity index is 144. The van der Waals surface area contributed by atoms with Gasteiger partial charge in [0.05, 0.1) is 6.54 Å². The summed E-state index contributed by atoms with van der Waals surface area (Å²) < 4.78 is 10.1. The lowest BCUT2D eigenvalue weighted by atomic mass is 10.6. The minimum Gasteiger partial charge on any atom is -0.480 e. The van der Waals surface area contributed by atoms with Crippen molar-refractivity contribution in [2.45, 2.75) is 27.1 Å². The van der Waals surface area contributed by atoms with E-state index in [1.165, 1.54) is 0 Å². The topological polar surface area (TPSA) is 59.0 Å². The third-order valence-corrected chi connectivity index (χ3v) is 1.25. The molecule has 0 aliphatic rings. The molecular formula is C10H23NO4. The summed E-state index contributed by atoms with van der Waals surface area (Å²) in [5.74, 6) is -0.787. The molecule has 0 aromatic rings. The molecule has 0 fully saturated rings. The number of nitrogens with zero attached hydrogens (tertiary/aromatic N) is 1. The van der Waals surface area contributed by atoms with Crippen LogP contribution >= 0.6 is 0 Å². The molecule has 0 saturated carbocycles. The standard InChI is InChI=1S/C6H14O2.C4H9NO2/c1-4-7-6(3)8-5-2;1-5(2)3-4(6)7/h6H,4-5H2,1-3H3;3H2,1-2H3,(H,6,7). The van der Waals surface area contributed by atoms with Gasteiger partial charge in [0.2, 0.25) is 0 Å². The lowest BCUT2D eigenvalue weighted by Gasteiger charge is -2.09. The summed E-state index contributed by atoms with van der Waals surface area (Å²) in [5.41, 5.74) is 0. The zero-order valence-electron chi connectivity index (χ0n) is 10.3. The number of hydrogen-bond donors (Lipinski definition) is 1. The smallest absolute Gasteiger partial charge is 0.317 e.